The van der Waals surface area contributed by atoms with Gasteiger partial charge in [0.1, 0.15) is 0 Å². The van der Waals surface area contributed by atoms with Gasteiger partial charge >= 0.3 is 0 Å². The highest BCUT2D eigenvalue weighted by molar-refractivity contribution is 4.62. The lowest BCUT2D eigenvalue weighted by Gasteiger charge is -2.20. The van der Waals surface area contributed by atoms with E-state index in [2.05, 4.69) is 45.0 Å². The molecule has 0 aliphatic heterocycles. The smallest absolute Gasteiger partial charge is 0.00507 e. The zero-order valence-electron chi connectivity index (χ0n) is 10.6. The molecule has 86 valence electrons. The van der Waals surface area contributed by atoms with Crippen molar-refractivity contribution in [3.05, 3.63) is 0 Å². The first-order chi connectivity index (χ1) is 6.56. The van der Waals surface area contributed by atoms with Crippen LogP contribution in [0, 0.1) is 5.92 Å². The molecule has 1 atom stereocenters. The van der Waals surface area contributed by atoms with Gasteiger partial charge in [-0.3, -0.25) is 0 Å². The topological polar surface area (TPSA) is 15.3 Å². The van der Waals surface area contributed by atoms with E-state index >= 15 is 0 Å². The normalized spacial score (nSPS) is 13.9. The highest BCUT2D eigenvalue weighted by atomic mass is 15.1. The minimum atomic E-state index is 0.654. The van der Waals surface area contributed by atoms with Crippen molar-refractivity contribution in [3.8, 4) is 0 Å². The van der Waals surface area contributed by atoms with Gasteiger partial charge in [-0.1, -0.05) is 20.8 Å². The SMILES string of the molecule is CCNC(C)CCN(C)CCC(C)C. The highest BCUT2D eigenvalue weighted by Gasteiger charge is 2.03. The summed E-state index contributed by atoms with van der Waals surface area (Å²) in [5.41, 5.74) is 0. The molecular formula is C12H28N2. The van der Waals surface area contributed by atoms with Crippen molar-refractivity contribution in [2.45, 2.75) is 46.6 Å². The van der Waals surface area contributed by atoms with E-state index in [4.69, 9.17) is 0 Å². The summed E-state index contributed by atoms with van der Waals surface area (Å²) in [5.74, 6) is 0.823. The van der Waals surface area contributed by atoms with Gasteiger partial charge in [-0.05, 0) is 52.4 Å². The molecule has 0 aliphatic carbocycles. The van der Waals surface area contributed by atoms with Crippen molar-refractivity contribution in [1.82, 2.24) is 10.2 Å². The summed E-state index contributed by atoms with van der Waals surface area (Å²) in [7, 11) is 2.22. The second-order valence-corrected chi connectivity index (χ2v) is 4.73. The highest BCUT2D eigenvalue weighted by Crippen LogP contribution is 2.01. The Morgan fingerprint density at radius 1 is 1.07 bits per heavy atom. The minimum absolute atomic E-state index is 0.654. The lowest BCUT2D eigenvalue weighted by atomic mass is 10.1. The van der Waals surface area contributed by atoms with Crippen LogP contribution in [0.2, 0.25) is 0 Å². The molecule has 0 radical (unpaired) electrons. The third kappa shape index (κ3) is 8.52. The van der Waals surface area contributed by atoms with Gasteiger partial charge in [0.15, 0.2) is 0 Å². The van der Waals surface area contributed by atoms with E-state index in [0.29, 0.717) is 6.04 Å². The van der Waals surface area contributed by atoms with Gasteiger partial charge in [0.2, 0.25) is 0 Å². The lowest BCUT2D eigenvalue weighted by molar-refractivity contribution is 0.293. The zero-order chi connectivity index (χ0) is 11.0. The molecule has 0 aromatic rings. The molecule has 0 aromatic carbocycles. The Balaban J connectivity index is 3.38. The van der Waals surface area contributed by atoms with E-state index in [9.17, 15) is 0 Å². The van der Waals surface area contributed by atoms with Crippen LogP contribution in [0.3, 0.4) is 0 Å². The Bertz CT molecular complexity index is 123. The van der Waals surface area contributed by atoms with Gasteiger partial charge in [0, 0.05) is 6.04 Å². The number of nitrogens with one attached hydrogen (secondary N) is 1. The molecule has 0 aromatic heterocycles. The van der Waals surface area contributed by atoms with Crippen LogP contribution in [0.5, 0.6) is 0 Å². The predicted molar refractivity (Wildman–Crippen MR) is 64.7 cm³/mol. The van der Waals surface area contributed by atoms with E-state index in [0.717, 1.165) is 12.5 Å². The largest absolute Gasteiger partial charge is 0.314 e. The Kier molecular flexibility index (Phi) is 8.20. The standard InChI is InChI=1S/C12H28N2/c1-6-13-12(4)8-10-14(5)9-7-11(2)3/h11-13H,6-10H2,1-5H3. The van der Waals surface area contributed by atoms with Crippen LogP contribution in [0.4, 0.5) is 0 Å². The molecular weight excluding hydrogens is 172 g/mol. The molecule has 0 aliphatic rings. The fraction of sp³-hybridized carbons (Fsp3) is 1.00. The van der Waals surface area contributed by atoms with Gasteiger partial charge in [-0.25, -0.2) is 0 Å². The molecule has 1 unspecified atom stereocenters. The second kappa shape index (κ2) is 8.25. The fourth-order valence-electron chi connectivity index (χ4n) is 1.45. The van der Waals surface area contributed by atoms with Gasteiger partial charge in [0.25, 0.3) is 0 Å². The maximum Gasteiger partial charge on any atom is 0.00507 e. The van der Waals surface area contributed by atoms with Crippen molar-refractivity contribution in [3.63, 3.8) is 0 Å². The summed E-state index contributed by atoms with van der Waals surface area (Å²) in [5, 5.41) is 3.44. The molecule has 0 rings (SSSR count). The maximum atomic E-state index is 3.44. The molecule has 0 amide bonds. The monoisotopic (exact) mass is 200 g/mol. The van der Waals surface area contributed by atoms with Crippen molar-refractivity contribution >= 4 is 0 Å². The molecule has 0 bridgehead atoms. The zero-order valence-corrected chi connectivity index (χ0v) is 10.6. The summed E-state index contributed by atoms with van der Waals surface area (Å²) in [4.78, 5) is 2.44. The van der Waals surface area contributed by atoms with E-state index in [1.54, 1.807) is 0 Å². The molecule has 2 heteroatoms. The van der Waals surface area contributed by atoms with Crippen molar-refractivity contribution in [2.75, 3.05) is 26.7 Å². The molecule has 0 saturated heterocycles. The number of hydrogen-bond donors (Lipinski definition) is 1. The van der Waals surface area contributed by atoms with Crippen molar-refractivity contribution in [1.29, 1.82) is 0 Å². The van der Waals surface area contributed by atoms with Crippen LogP contribution in [0.25, 0.3) is 0 Å². The Morgan fingerprint density at radius 2 is 1.64 bits per heavy atom. The number of rotatable bonds is 8. The third-order valence-corrected chi connectivity index (χ3v) is 2.58. The molecule has 0 heterocycles. The van der Waals surface area contributed by atoms with Gasteiger partial charge < -0.3 is 10.2 Å². The average Bonchev–Trinajstić information content (AvgIpc) is 2.12. The third-order valence-electron chi connectivity index (χ3n) is 2.58. The average molecular weight is 200 g/mol. The molecule has 14 heavy (non-hydrogen) atoms. The summed E-state index contributed by atoms with van der Waals surface area (Å²) >= 11 is 0. The first-order valence-electron chi connectivity index (χ1n) is 5.98. The van der Waals surface area contributed by atoms with Gasteiger partial charge in [-0.15, -0.1) is 0 Å². The quantitative estimate of drug-likeness (QED) is 0.647. The van der Waals surface area contributed by atoms with Crippen LogP contribution < -0.4 is 5.32 Å². The van der Waals surface area contributed by atoms with Crippen LogP contribution in [-0.4, -0.2) is 37.6 Å². The summed E-state index contributed by atoms with van der Waals surface area (Å²) in [6.07, 6.45) is 2.56. The molecule has 0 fully saturated rings. The summed E-state index contributed by atoms with van der Waals surface area (Å²) in [6.45, 7) is 12.5. The maximum absolute atomic E-state index is 3.44. The Morgan fingerprint density at radius 3 is 2.14 bits per heavy atom. The van der Waals surface area contributed by atoms with E-state index in [1.165, 1.54) is 25.9 Å². The van der Waals surface area contributed by atoms with E-state index in [-0.39, 0.29) is 0 Å². The molecule has 0 spiro atoms. The summed E-state index contributed by atoms with van der Waals surface area (Å²) < 4.78 is 0. The van der Waals surface area contributed by atoms with Crippen LogP contribution in [0.15, 0.2) is 0 Å². The summed E-state index contributed by atoms with van der Waals surface area (Å²) in [6, 6.07) is 0.654. The molecule has 1 N–H and O–H groups in total. The van der Waals surface area contributed by atoms with Crippen LogP contribution >= 0.6 is 0 Å². The van der Waals surface area contributed by atoms with Crippen LogP contribution in [-0.2, 0) is 0 Å². The van der Waals surface area contributed by atoms with Gasteiger partial charge in [0.05, 0.1) is 0 Å². The van der Waals surface area contributed by atoms with Gasteiger partial charge in [-0.2, -0.15) is 0 Å². The minimum Gasteiger partial charge on any atom is -0.314 e. The fourth-order valence-corrected chi connectivity index (χ4v) is 1.45. The van der Waals surface area contributed by atoms with E-state index < -0.39 is 0 Å². The Hall–Kier alpha value is -0.0800. The van der Waals surface area contributed by atoms with Crippen LogP contribution in [0.1, 0.15) is 40.5 Å². The van der Waals surface area contributed by atoms with Crippen molar-refractivity contribution in [2.24, 2.45) is 5.92 Å². The van der Waals surface area contributed by atoms with Crippen molar-refractivity contribution < 1.29 is 0 Å². The number of hydrogen-bond acceptors (Lipinski definition) is 2. The molecule has 0 saturated carbocycles. The first kappa shape index (κ1) is 13.9. The number of nitrogens with zero attached hydrogens (tertiary/aromatic N) is 1. The predicted octanol–water partition coefficient (Wildman–Crippen LogP) is 2.35. The second-order valence-electron chi connectivity index (χ2n) is 4.73. The van der Waals surface area contributed by atoms with E-state index in [1.807, 2.05) is 0 Å². The molecule has 2 nitrogen and oxygen atoms in total. The first-order valence-corrected chi connectivity index (χ1v) is 5.98. The Labute approximate surface area is 90.1 Å². The lowest BCUT2D eigenvalue weighted by Crippen LogP contribution is -2.31.